The van der Waals surface area contributed by atoms with Crippen molar-refractivity contribution in [2.45, 2.75) is 30.2 Å². The fraction of sp³-hybridized carbons (Fsp3) is 0.500. The first-order valence-electron chi connectivity index (χ1n) is 7.57. The summed E-state index contributed by atoms with van der Waals surface area (Å²) in [5.74, 6) is -0.142. The predicted octanol–water partition coefficient (Wildman–Crippen LogP) is 0.635. The molecule has 25 heavy (non-hydrogen) atoms. The van der Waals surface area contributed by atoms with Crippen LogP contribution in [0, 0.1) is 10.1 Å². The van der Waals surface area contributed by atoms with Gasteiger partial charge in [-0.1, -0.05) is 0 Å². The van der Waals surface area contributed by atoms with Gasteiger partial charge in [0.25, 0.3) is 5.69 Å². The van der Waals surface area contributed by atoms with Crippen LogP contribution >= 0.6 is 12.4 Å². The highest BCUT2D eigenvalue weighted by atomic mass is 35.5. The van der Waals surface area contributed by atoms with E-state index in [1.54, 1.807) is 4.90 Å². The number of nitrogens with two attached hydrogens (primary N) is 1. The fourth-order valence-electron chi connectivity index (χ4n) is 2.52. The number of likely N-dealkylation sites (tertiary alicyclic amines) is 1. The van der Waals surface area contributed by atoms with Crippen molar-refractivity contribution in [1.82, 2.24) is 9.62 Å². The van der Waals surface area contributed by atoms with Crippen molar-refractivity contribution in [1.29, 1.82) is 0 Å². The van der Waals surface area contributed by atoms with Gasteiger partial charge in [-0.05, 0) is 25.0 Å². The van der Waals surface area contributed by atoms with Crippen LogP contribution in [-0.4, -0.2) is 49.8 Å². The van der Waals surface area contributed by atoms with E-state index in [2.05, 4.69) is 4.72 Å². The highest BCUT2D eigenvalue weighted by Gasteiger charge is 2.22. The van der Waals surface area contributed by atoms with Gasteiger partial charge in [0.05, 0.1) is 9.82 Å². The summed E-state index contributed by atoms with van der Waals surface area (Å²) in [7, 11) is -3.81. The Balaban J connectivity index is 0.00000312. The van der Waals surface area contributed by atoms with Crippen LogP contribution in [0.2, 0.25) is 0 Å². The second-order valence-corrected chi connectivity index (χ2v) is 7.41. The van der Waals surface area contributed by atoms with Crippen molar-refractivity contribution in [2.24, 2.45) is 5.73 Å². The Morgan fingerprint density at radius 2 is 2.00 bits per heavy atom. The van der Waals surface area contributed by atoms with Gasteiger partial charge in [-0.3, -0.25) is 14.9 Å². The molecule has 1 saturated heterocycles. The van der Waals surface area contributed by atoms with Crippen molar-refractivity contribution in [3.63, 3.8) is 0 Å². The molecule has 0 bridgehead atoms. The molecule has 11 heteroatoms. The van der Waals surface area contributed by atoms with E-state index in [1.165, 1.54) is 0 Å². The molecule has 3 N–H and O–H groups in total. The van der Waals surface area contributed by atoms with Gasteiger partial charge in [-0.25, -0.2) is 13.1 Å². The summed E-state index contributed by atoms with van der Waals surface area (Å²) >= 11 is 0. The Kier molecular flexibility index (Phi) is 7.74. The van der Waals surface area contributed by atoms with E-state index in [-0.39, 0.29) is 47.9 Å². The normalized spacial score (nSPS) is 17.6. The first-order valence-corrected chi connectivity index (χ1v) is 9.05. The van der Waals surface area contributed by atoms with E-state index >= 15 is 0 Å². The molecule has 0 aromatic heterocycles. The molecule has 140 valence electrons. The number of carbonyl (C=O) groups is 1. The minimum Gasteiger partial charge on any atom is -0.341 e. The number of sulfonamides is 1. The number of nitro benzene ring substituents is 1. The van der Waals surface area contributed by atoms with Crippen LogP contribution in [0.5, 0.6) is 0 Å². The first kappa shape index (κ1) is 21.3. The summed E-state index contributed by atoms with van der Waals surface area (Å²) in [6.45, 7) is 1.10. The van der Waals surface area contributed by atoms with Crippen molar-refractivity contribution in [3.8, 4) is 0 Å². The average Bonchev–Trinajstić information content (AvgIpc) is 2.54. The SMILES string of the molecule is Cl.NC1CCCN(C(=O)CCNS(=O)(=O)c2ccc([N+](=O)[O-])cc2)C1. The standard InChI is InChI=1S/C14H20N4O5S.ClH/c15-11-2-1-9-17(10-11)14(19)7-8-16-24(22,23)13-5-3-12(4-6-13)18(20)21;/h3-6,11,16H,1-2,7-10,15H2;1H. The number of nitro groups is 1. The maximum atomic E-state index is 12.1. The summed E-state index contributed by atoms with van der Waals surface area (Å²) in [4.78, 5) is 23.6. The van der Waals surface area contributed by atoms with Gasteiger partial charge in [0.15, 0.2) is 0 Å². The molecule has 0 radical (unpaired) electrons. The fourth-order valence-corrected chi connectivity index (χ4v) is 3.55. The van der Waals surface area contributed by atoms with Crippen LogP contribution in [0.25, 0.3) is 0 Å². The number of nitrogens with one attached hydrogen (secondary N) is 1. The third kappa shape index (κ3) is 5.92. The van der Waals surface area contributed by atoms with Gasteiger partial charge >= 0.3 is 0 Å². The predicted molar refractivity (Wildman–Crippen MR) is 93.9 cm³/mol. The van der Waals surface area contributed by atoms with E-state index in [1.807, 2.05) is 0 Å². The lowest BCUT2D eigenvalue weighted by Crippen LogP contribution is -2.46. The number of piperidine rings is 1. The summed E-state index contributed by atoms with van der Waals surface area (Å²) in [5.41, 5.74) is 5.63. The number of benzene rings is 1. The Hall–Kier alpha value is -1.75. The molecule has 1 amide bonds. The number of hydrogen-bond acceptors (Lipinski definition) is 6. The van der Waals surface area contributed by atoms with Gasteiger partial charge in [-0.15, -0.1) is 12.4 Å². The Bertz CT molecular complexity index is 710. The van der Waals surface area contributed by atoms with E-state index in [0.717, 1.165) is 37.1 Å². The molecular weight excluding hydrogens is 372 g/mol. The van der Waals surface area contributed by atoms with Crippen LogP contribution in [0.1, 0.15) is 19.3 Å². The minimum absolute atomic E-state index is 0. The molecule has 9 nitrogen and oxygen atoms in total. The number of halogens is 1. The number of amides is 1. The highest BCUT2D eigenvalue weighted by Crippen LogP contribution is 2.15. The number of non-ortho nitro benzene ring substituents is 1. The van der Waals surface area contributed by atoms with E-state index in [4.69, 9.17) is 5.73 Å². The summed E-state index contributed by atoms with van der Waals surface area (Å²) in [6, 6.07) is 4.53. The van der Waals surface area contributed by atoms with Gasteiger partial charge in [0, 0.05) is 44.2 Å². The van der Waals surface area contributed by atoms with E-state index < -0.39 is 14.9 Å². The Labute approximate surface area is 152 Å². The van der Waals surface area contributed by atoms with Crippen molar-refractivity contribution in [2.75, 3.05) is 19.6 Å². The summed E-state index contributed by atoms with van der Waals surface area (Å²) in [5, 5.41) is 10.6. The number of rotatable bonds is 6. The molecule has 0 spiro atoms. The molecule has 1 aliphatic rings. The number of carbonyl (C=O) groups excluding carboxylic acids is 1. The molecule has 1 aromatic carbocycles. The quantitative estimate of drug-likeness (QED) is 0.538. The number of hydrogen-bond donors (Lipinski definition) is 2. The maximum absolute atomic E-state index is 12.1. The molecule has 0 saturated carbocycles. The monoisotopic (exact) mass is 392 g/mol. The Morgan fingerprint density at radius 1 is 1.36 bits per heavy atom. The zero-order valence-electron chi connectivity index (χ0n) is 13.5. The van der Waals surface area contributed by atoms with E-state index in [9.17, 15) is 23.3 Å². The third-order valence-corrected chi connectivity index (χ3v) is 5.28. The topological polar surface area (TPSA) is 136 Å². The largest absolute Gasteiger partial charge is 0.341 e. The van der Waals surface area contributed by atoms with Gasteiger partial charge < -0.3 is 10.6 Å². The second kappa shape index (κ2) is 9.09. The van der Waals surface area contributed by atoms with E-state index in [0.29, 0.717) is 13.1 Å². The summed E-state index contributed by atoms with van der Waals surface area (Å²) in [6.07, 6.45) is 1.77. The molecule has 1 fully saturated rings. The second-order valence-electron chi connectivity index (χ2n) is 5.64. The van der Waals surface area contributed by atoms with Crippen molar-refractivity contribution in [3.05, 3.63) is 34.4 Å². The molecule has 2 rings (SSSR count). The maximum Gasteiger partial charge on any atom is 0.269 e. The third-order valence-electron chi connectivity index (χ3n) is 3.80. The molecule has 1 heterocycles. The van der Waals surface area contributed by atoms with Crippen molar-refractivity contribution < 1.29 is 18.1 Å². The molecule has 1 aromatic rings. The summed E-state index contributed by atoms with van der Waals surface area (Å²) < 4.78 is 26.5. The smallest absolute Gasteiger partial charge is 0.269 e. The van der Waals surface area contributed by atoms with Crippen LogP contribution in [0.4, 0.5) is 5.69 Å². The first-order chi connectivity index (χ1) is 11.3. The molecule has 1 unspecified atom stereocenters. The van der Waals surface area contributed by atoms with Gasteiger partial charge in [-0.2, -0.15) is 0 Å². The molecule has 1 aliphatic heterocycles. The molecule has 0 aliphatic carbocycles. The van der Waals surface area contributed by atoms with Crippen LogP contribution < -0.4 is 10.5 Å². The molecule has 1 atom stereocenters. The lowest BCUT2D eigenvalue weighted by atomic mass is 10.1. The number of nitrogens with zero attached hydrogens (tertiary/aromatic N) is 2. The highest BCUT2D eigenvalue weighted by molar-refractivity contribution is 7.89. The lowest BCUT2D eigenvalue weighted by molar-refractivity contribution is -0.384. The van der Waals surface area contributed by atoms with Gasteiger partial charge in [0.2, 0.25) is 15.9 Å². The van der Waals surface area contributed by atoms with Crippen LogP contribution in [0.3, 0.4) is 0 Å². The Morgan fingerprint density at radius 3 is 2.56 bits per heavy atom. The molecular formula is C14H21ClN4O5S. The zero-order valence-corrected chi connectivity index (χ0v) is 15.1. The minimum atomic E-state index is -3.81. The lowest BCUT2D eigenvalue weighted by Gasteiger charge is -2.30. The van der Waals surface area contributed by atoms with Crippen LogP contribution in [0.15, 0.2) is 29.2 Å². The van der Waals surface area contributed by atoms with Gasteiger partial charge in [0.1, 0.15) is 0 Å². The average molecular weight is 393 g/mol. The van der Waals surface area contributed by atoms with Crippen LogP contribution in [-0.2, 0) is 14.8 Å². The zero-order chi connectivity index (χ0) is 17.7. The van der Waals surface area contributed by atoms with Crippen molar-refractivity contribution >= 4 is 34.0 Å².